The SMILES string of the molecule is O=c1c2cn[nH]c2nc(SCc2ccccc2Cl)n1-c1ccc(Br)cc1. The third-order valence-corrected chi connectivity index (χ3v) is 5.74. The molecule has 0 saturated carbocycles. The predicted octanol–water partition coefficient (Wildman–Crippen LogP) is 4.82. The Balaban J connectivity index is 1.82. The number of rotatable bonds is 4. The molecule has 5 nitrogen and oxygen atoms in total. The molecule has 0 atom stereocenters. The fourth-order valence-electron chi connectivity index (χ4n) is 2.55. The van der Waals surface area contributed by atoms with Crippen molar-refractivity contribution in [2.24, 2.45) is 0 Å². The molecular weight excluding hydrogens is 436 g/mol. The van der Waals surface area contributed by atoms with Crippen LogP contribution in [0.5, 0.6) is 0 Å². The Bertz CT molecular complexity index is 1140. The Morgan fingerprint density at radius 2 is 1.92 bits per heavy atom. The van der Waals surface area contributed by atoms with Gasteiger partial charge in [0, 0.05) is 15.2 Å². The summed E-state index contributed by atoms with van der Waals surface area (Å²) in [6, 6.07) is 15.2. The Hall–Kier alpha value is -2.09. The Morgan fingerprint density at radius 1 is 1.15 bits per heavy atom. The molecule has 1 N–H and O–H groups in total. The standard InChI is InChI=1S/C18H12BrClN4OS/c19-12-5-7-13(8-6-12)24-17(25)14-9-21-23-16(14)22-18(24)26-10-11-3-1-2-4-15(11)20/h1-9H,10H2,(H,21,23). The predicted molar refractivity (Wildman–Crippen MR) is 108 cm³/mol. The van der Waals surface area contributed by atoms with Gasteiger partial charge in [0.25, 0.3) is 5.56 Å². The van der Waals surface area contributed by atoms with Gasteiger partial charge < -0.3 is 0 Å². The Morgan fingerprint density at radius 3 is 2.69 bits per heavy atom. The first-order valence-electron chi connectivity index (χ1n) is 7.72. The minimum atomic E-state index is -0.160. The van der Waals surface area contributed by atoms with E-state index in [1.807, 2.05) is 48.5 Å². The first-order valence-corrected chi connectivity index (χ1v) is 9.87. The quantitative estimate of drug-likeness (QED) is 0.360. The number of halogens is 2. The van der Waals surface area contributed by atoms with Gasteiger partial charge in [0.1, 0.15) is 5.39 Å². The molecule has 0 aliphatic heterocycles. The summed E-state index contributed by atoms with van der Waals surface area (Å²) >= 11 is 11.1. The van der Waals surface area contributed by atoms with E-state index in [9.17, 15) is 4.79 Å². The number of nitrogens with zero attached hydrogens (tertiary/aromatic N) is 3. The molecule has 2 heterocycles. The second-order valence-corrected chi connectivity index (χ2v) is 7.79. The largest absolute Gasteiger partial charge is 0.269 e. The van der Waals surface area contributed by atoms with Crippen LogP contribution >= 0.6 is 39.3 Å². The van der Waals surface area contributed by atoms with Crippen LogP contribution in [0.25, 0.3) is 16.7 Å². The lowest BCUT2D eigenvalue weighted by atomic mass is 10.2. The number of hydrogen-bond acceptors (Lipinski definition) is 4. The first kappa shape index (κ1) is 17.3. The number of hydrogen-bond donors (Lipinski definition) is 1. The number of nitrogens with one attached hydrogen (secondary N) is 1. The van der Waals surface area contributed by atoms with Crippen molar-refractivity contribution in [2.45, 2.75) is 10.9 Å². The van der Waals surface area contributed by atoms with Crippen LogP contribution in [-0.4, -0.2) is 19.7 Å². The summed E-state index contributed by atoms with van der Waals surface area (Å²) in [6.07, 6.45) is 1.50. The molecule has 4 rings (SSSR count). The van der Waals surface area contributed by atoms with Crippen LogP contribution in [0.15, 0.2) is 69.2 Å². The van der Waals surface area contributed by atoms with Crippen LogP contribution in [0.2, 0.25) is 5.02 Å². The Labute approximate surface area is 166 Å². The van der Waals surface area contributed by atoms with E-state index in [0.29, 0.717) is 27.0 Å². The highest BCUT2D eigenvalue weighted by Crippen LogP contribution is 2.27. The first-order chi connectivity index (χ1) is 12.6. The van der Waals surface area contributed by atoms with E-state index in [4.69, 9.17) is 11.6 Å². The monoisotopic (exact) mass is 446 g/mol. The topological polar surface area (TPSA) is 63.6 Å². The van der Waals surface area contributed by atoms with Gasteiger partial charge in [0.2, 0.25) is 0 Å². The van der Waals surface area contributed by atoms with E-state index in [0.717, 1.165) is 15.7 Å². The molecule has 0 amide bonds. The summed E-state index contributed by atoms with van der Waals surface area (Å²) in [4.78, 5) is 17.6. The molecule has 26 heavy (non-hydrogen) atoms. The average molecular weight is 448 g/mol. The number of thioether (sulfide) groups is 1. The van der Waals surface area contributed by atoms with Crippen molar-refractivity contribution >= 4 is 50.3 Å². The molecule has 0 saturated heterocycles. The van der Waals surface area contributed by atoms with Crippen molar-refractivity contribution in [2.75, 3.05) is 0 Å². The van der Waals surface area contributed by atoms with Gasteiger partial charge in [0.05, 0.1) is 11.9 Å². The molecular formula is C18H12BrClN4OS. The maximum absolute atomic E-state index is 13.0. The average Bonchev–Trinajstić information content (AvgIpc) is 3.11. The van der Waals surface area contributed by atoms with Gasteiger partial charge in [0.15, 0.2) is 10.8 Å². The zero-order valence-corrected chi connectivity index (χ0v) is 16.5. The molecule has 0 fully saturated rings. The third-order valence-electron chi connectivity index (χ3n) is 3.85. The second-order valence-electron chi connectivity index (χ2n) is 5.52. The van der Waals surface area contributed by atoms with Crippen LogP contribution in [0.1, 0.15) is 5.56 Å². The fourth-order valence-corrected chi connectivity index (χ4v) is 4.10. The number of fused-ring (bicyclic) bond motifs is 1. The Kier molecular flexibility index (Phi) is 4.84. The molecule has 0 unspecified atom stereocenters. The number of H-pyrrole nitrogens is 1. The summed E-state index contributed by atoms with van der Waals surface area (Å²) < 4.78 is 2.54. The third kappa shape index (κ3) is 3.30. The van der Waals surface area contributed by atoms with Gasteiger partial charge in [-0.15, -0.1) is 0 Å². The van der Waals surface area contributed by atoms with E-state index >= 15 is 0 Å². The molecule has 0 radical (unpaired) electrons. The summed E-state index contributed by atoms with van der Waals surface area (Å²) in [5.74, 6) is 0.599. The van der Waals surface area contributed by atoms with Crippen molar-refractivity contribution in [3.63, 3.8) is 0 Å². The highest BCUT2D eigenvalue weighted by atomic mass is 79.9. The van der Waals surface area contributed by atoms with E-state index < -0.39 is 0 Å². The molecule has 0 bridgehead atoms. The minimum absolute atomic E-state index is 0.160. The maximum atomic E-state index is 13.0. The highest BCUT2D eigenvalue weighted by molar-refractivity contribution is 9.10. The summed E-state index contributed by atoms with van der Waals surface area (Å²) in [5.41, 5.74) is 2.05. The minimum Gasteiger partial charge on any atom is -0.268 e. The summed E-state index contributed by atoms with van der Waals surface area (Å²) in [7, 11) is 0. The van der Waals surface area contributed by atoms with Gasteiger partial charge in [-0.1, -0.05) is 57.5 Å². The van der Waals surface area contributed by atoms with Gasteiger partial charge in [-0.2, -0.15) is 5.10 Å². The van der Waals surface area contributed by atoms with Crippen LogP contribution in [-0.2, 0) is 5.75 Å². The summed E-state index contributed by atoms with van der Waals surface area (Å²) in [6.45, 7) is 0. The zero-order valence-electron chi connectivity index (χ0n) is 13.3. The number of aromatic amines is 1. The van der Waals surface area contributed by atoms with Crippen LogP contribution in [0.4, 0.5) is 0 Å². The molecule has 0 aliphatic rings. The lowest BCUT2D eigenvalue weighted by Crippen LogP contribution is -2.21. The lowest BCUT2D eigenvalue weighted by Gasteiger charge is -2.12. The van der Waals surface area contributed by atoms with Crippen LogP contribution < -0.4 is 5.56 Å². The molecule has 2 aromatic heterocycles. The van der Waals surface area contributed by atoms with E-state index in [1.165, 1.54) is 18.0 Å². The van der Waals surface area contributed by atoms with Gasteiger partial charge >= 0.3 is 0 Å². The fraction of sp³-hybridized carbons (Fsp3) is 0.0556. The van der Waals surface area contributed by atoms with Gasteiger partial charge in [-0.05, 0) is 35.9 Å². The van der Waals surface area contributed by atoms with E-state index in [-0.39, 0.29) is 5.56 Å². The zero-order chi connectivity index (χ0) is 18.1. The van der Waals surface area contributed by atoms with Crippen LogP contribution in [0, 0.1) is 0 Å². The normalized spacial score (nSPS) is 11.2. The van der Waals surface area contributed by atoms with Crippen molar-refractivity contribution in [1.82, 2.24) is 19.7 Å². The number of aromatic nitrogens is 4. The van der Waals surface area contributed by atoms with Crippen LogP contribution in [0.3, 0.4) is 0 Å². The molecule has 0 spiro atoms. The molecule has 4 aromatic rings. The smallest absolute Gasteiger partial charge is 0.268 e. The molecule has 2 aromatic carbocycles. The molecule has 0 aliphatic carbocycles. The lowest BCUT2D eigenvalue weighted by molar-refractivity contribution is 0.815. The second kappa shape index (κ2) is 7.26. The highest BCUT2D eigenvalue weighted by Gasteiger charge is 2.15. The molecule has 130 valence electrons. The van der Waals surface area contributed by atoms with Gasteiger partial charge in [-0.3, -0.25) is 14.5 Å². The van der Waals surface area contributed by atoms with Crippen molar-refractivity contribution in [1.29, 1.82) is 0 Å². The van der Waals surface area contributed by atoms with Crippen molar-refractivity contribution < 1.29 is 0 Å². The summed E-state index contributed by atoms with van der Waals surface area (Å²) in [5, 5.41) is 8.45. The number of benzene rings is 2. The van der Waals surface area contributed by atoms with Crippen molar-refractivity contribution in [3.8, 4) is 5.69 Å². The van der Waals surface area contributed by atoms with Gasteiger partial charge in [-0.25, -0.2) is 4.98 Å². The van der Waals surface area contributed by atoms with E-state index in [2.05, 4.69) is 31.1 Å². The van der Waals surface area contributed by atoms with Crippen molar-refractivity contribution in [3.05, 3.63) is 80.1 Å². The molecule has 8 heteroatoms. The maximum Gasteiger partial charge on any atom is 0.269 e. The van der Waals surface area contributed by atoms with E-state index in [1.54, 1.807) is 4.57 Å².